The second-order valence-electron chi connectivity index (χ2n) is 6.89. The van der Waals surface area contributed by atoms with Crippen molar-refractivity contribution in [2.45, 2.75) is 18.7 Å². The number of aromatic amines is 1. The van der Waals surface area contributed by atoms with E-state index in [4.69, 9.17) is 11.6 Å². The van der Waals surface area contributed by atoms with Crippen LogP contribution in [0.3, 0.4) is 0 Å². The van der Waals surface area contributed by atoms with E-state index in [1.807, 2.05) is 19.9 Å². The number of piperazine rings is 1. The van der Waals surface area contributed by atoms with Gasteiger partial charge in [0, 0.05) is 51.9 Å². The number of aryl methyl sites for hydroxylation is 2. The number of halogens is 1. The molecule has 1 N–H and O–H groups in total. The van der Waals surface area contributed by atoms with Crippen LogP contribution in [0.15, 0.2) is 35.2 Å². The number of aromatic nitrogens is 1. The predicted octanol–water partition coefficient (Wildman–Crippen LogP) is 3.65. The second kappa shape index (κ2) is 7.18. The SMILES string of the molecule is Cc1cc(S(=O)(=O)N2CCN(C(=O)c3cc4ccc(Cl)cc4[nH]3)CC2)c(C)s1. The number of fused-ring (bicyclic) bond motifs is 1. The summed E-state index contributed by atoms with van der Waals surface area (Å²) in [6.07, 6.45) is 0. The number of hydrogen-bond acceptors (Lipinski definition) is 4. The topological polar surface area (TPSA) is 73.5 Å². The number of benzene rings is 1. The third kappa shape index (κ3) is 3.45. The van der Waals surface area contributed by atoms with Crippen LogP contribution in [0.25, 0.3) is 10.9 Å². The van der Waals surface area contributed by atoms with Gasteiger partial charge in [-0.2, -0.15) is 4.31 Å². The first-order chi connectivity index (χ1) is 13.3. The highest BCUT2D eigenvalue weighted by Crippen LogP contribution is 2.28. The Morgan fingerprint density at radius 1 is 1.11 bits per heavy atom. The van der Waals surface area contributed by atoms with Crippen LogP contribution in [0, 0.1) is 13.8 Å². The molecule has 1 aliphatic heterocycles. The van der Waals surface area contributed by atoms with Gasteiger partial charge in [0.2, 0.25) is 10.0 Å². The lowest BCUT2D eigenvalue weighted by Gasteiger charge is -2.33. The maximum Gasteiger partial charge on any atom is 0.270 e. The van der Waals surface area contributed by atoms with Crippen LogP contribution in [0.2, 0.25) is 5.02 Å². The Morgan fingerprint density at radius 3 is 2.46 bits per heavy atom. The molecule has 1 aromatic carbocycles. The van der Waals surface area contributed by atoms with E-state index in [1.54, 1.807) is 29.2 Å². The molecule has 0 saturated carbocycles. The van der Waals surface area contributed by atoms with Gasteiger partial charge in [-0.05, 0) is 38.1 Å². The van der Waals surface area contributed by atoms with Gasteiger partial charge in [0.1, 0.15) is 5.69 Å². The standard InChI is InChI=1S/C19H20ClN3O3S2/c1-12-9-18(13(2)27-12)28(25,26)23-7-5-22(6-8-23)19(24)17-10-14-3-4-15(20)11-16(14)21-17/h3-4,9-11,21H,5-8H2,1-2H3. The van der Waals surface area contributed by atoms with Crippen LogP contribution in [0.1, 0.15) is 20.2 Å². The van der Waals surface area contributed by atoms with E-state index in [0.717, 1.165) is 20.7 Å². The maximum absolute atomic E-state index is 12.9. The third-order valence-electron chi connectivity index (χ3n) is 4.95. The quantitative estimate of drug-likeness (QED) is 0.679. The number of carbonyl (C=O) groups excluding carboxylic acids is 1. The van der Waals surface area contributed by atoms with Crippen molar-refractivity contribution in [2.24, 2.45) is 0 Å². The molecule has 0 atom stereocenters. The zero-order chi connectivity index (χ0) is 20.1. The molecule has 1 fully saturated rings. The molecule has 28 heavy (non-hydrogen) atoms. The van der Waals surface area contributed by atoms with Gasteiger partial charge >= 0.3 is 0 Å². The minimum Gasteiger partial charge on any atom is -0.350 e. The number of thiophene rings is 1. The first-order valence-electron chi connectivity index (χ1n) is 8.90. The number of nitrogens with one attached hydrogen (secondary N) is 1. The number of rotatable bonds is 3. The summed E-state index contributed by atoms with van der Waals surface area (Å²) in [5, 5.41) is 1.52. The van der Waals surface area contributed by atoms with Gasteiger partial charge in [0.25, 0.3) is 5.91 Å². The van der Waals surface area contributed by atoms with Crippen LogP contribution in [0.5, 0.6) is 0 Å². The summed E-state index contributed by atoms with van der Waals surface area (Å²) in [5.41, 5.74) is 1.29. The van der Waals surface area contributed by atoms with Crippen molar-refractivity contribution < 1.29 is 13.2 Å². The van der Waals surface area contributed by atoms with Gasteiger partial charge in [-0.3, -0.25) is 4.79 Å². The lowest BCUT2D eigenvalue weighted by molar-refractivity contribution is 0.0693. The number of nitrogens with zero attached hydrogens (tertiary/aromatic N) is 2. The molecular formula is C19H20ClN3O3S2. The predicted molar refractivity (Wildman–Crippen MR) is 112 cm³/mol. The van der Waals surface area contributed by atoms with Gasteiger partial charge in [0.15, 0.2) is 0 Å². The number of hydrogen-bond donors (Lipinski definition) is 1. The van der Waals surface area contributed by atoms with E-state index < -0.39 is 10.0 Å². The molecule has 9 heteroatoms. The summed E-state index contributed by atoms with van der Waals surface area (Å²) in [7, 11) is -3.53. The molecule has 3 heterocycles. The number of sulfonamides is 1. The first kappa shape index (κ1) is 19.4. The summed E-state index contributed by atoms with van der Waals surface area (Å²) < 4.78 is 27.3. The summed E-state index contributed by atoms with van der Waals surface area (Å²) in [6.45, 7) is 5.02. The average molecular weight is 438 g/mol. The number of H-pyrrole nitrogens is 1. The van der Waals surface area contributed by atoms with Crippen LogP contribution in [0.4, 0.5) is 0 Å². The van der Waals surface area contributed by atoms with E-state index >= 15 is 0 Å². The molecule has 0 spiro atoms. The van der Waals surface area contributed by atoms with Gasteiger partial charge in [-0.1, -0.05) is 17.7 Å². The van der Waals surface area contributed by atoms with Crippen LogP contribution < -0.4 is 0 Å². The zero-order valence-electron chi connectivity index (χ0n) is 15.5. The van der Waals surface area contributed by atoms with Crippen molar-refractivity contribution in [3.63, 3.8) is 0 Å². The van der Waals surface area contributed by atoms with Crippen LogP contribution >= 0.6 is 22.9 Å². The summed E-state index contributed by atoms with van der Waals surface area (Å²) in [6, 6.07) is 8.95. The smallest absolute Gasteiger partial charge is 0.270 e. The van der Waals surface area contributed by atoms with Gasteiger partial charge < -0.3 is 9.88 Å². The minimum atomic E-state index is -3.53. The Balaban J connectivity index is 1.48. The molecule has 3 aromatic rings. The molecule has 1 saturated heterocycles. The Labute approximate surface area is 172 Å². The molecule has 148 valence electrons. The lowest BCUT2D eigenvalue weighted by Crippen LogP contribution is -2.50. The molecule has 1 amide bonds. The van der Waals surface area contributed by atoms with E-state index in [2.05, 4.69) is 4.98 Å². The Hall–Kier alpha value is -1.87. The van der Waals surface area contributed by atoms with Gasteiger partial charge in [-0.15, -0.1) is 11.3 Å². The van der Waals surface area contributed by atoms with Crippen molar-refractivity contribution in [1.82, 2.24) is 14.2 Å². The van der Waals surface area contributed by atoms with Crippen molar-refractivity contribution in [2.75, 3.05) is 26.2 Å². The number of carbonyl (C=O) groups is 1. The van der Waals surface area contributed by atoms with Crippen molar-refractivity contribution in [1.29, 1.82) is 0 Å². The molecule has 0 aliphatic carbocycles. The van der Waals surface area contributed by atoms with Gasteiger partial charge in [-0.25, -0.2) is 8.42 Å². The van der Waals surface area contributed by atoms with Crippen molar-refractivity contribution >= 4 is 49.8 Å². The Bertz CT molecular complexity index is 1160. The van der Waals surface area contributed by atoms with Crippen molar-refractivity contribution in [3.05, 3.63) is 50.8 Å². The van der Waals surface area contributed by atoms with E-state index in [-0.39, 0.29) is 19.0 Å². The van der Waals surface area contributed by atoms with Crippen LogP contribution in [-0.2, 0) is 10.0 Å². The fraction of sp³-hybridized carbons (Fsp3) is 0.316. The van der Waals surface area contributed by atoms with Gasteiger partial charge in [0.05, 0.1) is 4.90 Å². The summed E-state index contributed by atoms with van der Waals surface area (Å²) in [4.78, 5) is 19.8. The molecule has 2 aromatic heterocycles. The highest BCUT2D eigenvalue weighted by Gasteiger charge is 2.32. The van der Waals surface area contributed by atoms with E-state index in [1.165, 1.54) is 15.6 Å². The monoisotopic (exact) mass is 437 g/mol. The highest BCUT2D eigenvalue weighted by atomic mass is 35.5. The van der Waals surface area contributed by atoms with E-state index in [9.17, 15) is 13.2 Å². The minimum absolute atomic E-state index is 0.132. The fourth-order valence-corrected chi connectivity index (χ4v) is 6.64. The summed E-state index contributed by atoms with van der Waals surface area (Å²) >= 11 is 7.48. The highest BCUT2D eigenvalue weighted by molar-refractivity contribution is 7.89. The zero-order valence-corrected chi connectivity index (χ0v) is 17.9. The fourth-order valence-electron chi connectivity index (χ4n) is 3.52. The second-order valence-corrected chi connectivity index (χ2v) is 10.7. The third-order valence-corrected chi connectivity index (χ3v) is 8.31. The molecule has 0 radical (unpaired) electrons. The Morgan fingerprint density at radius 2 is 1.82 bits per heavy atom. The molecule has 6 nitrogen and oxygen atoms in total. The largest absolute Gasteiger partial charge is 0.350 e. The molecule has 0 unspecified atom stereocenters. The normalized spacial score (nSPS) is 16.0. The molecular weight excluding hydrogens is 418 g/mol. The molecule has 4 rings (SSSR count). The molecule has 1 aliphatic rings. The van der Waals surface area contributed by atoms with Crippen molar-refractivity contribution in [3.8, 4) is 0 Å². The summed E-state index contributed by atoms with van der Waals surface area (Å²) in [5.74, 6) is -0.132. The molecule has 0 bridgehead atoms. The first-order valence-corrected chi connectivity index (χ1v) is 11.5. The van der Waals surface area contributed by atoms with Crippen LogP contribution in [-0.4, -0.2) is 54.7 Å². The Kier molecular flexibility index (Phi) is 4.99. The lowest BCUT2D eigenvalue weighted by atomic mass is 10.2. The number of amides is 1. The average Bonchev–Trinajstić information content (AvgIpc) is 3.23. The maximum atomic E-state index is 12.9. The van der Waals surface area contributed by atoms with E-state index in [0.29, 0.717) is 28.7 Å².